The minimum atomic E-state index is -0.425. The van der Waals surface area contributed by atoms with E-state index in [2.05, 4.69) is 5.32 Å². The zero-order valence-corrected chi connectivity index (χ0v) is 9.55. The summed E-state index contributed by atoms with van der Waals surface area (Å²) in [5.74, 6) is -0.727. The van der Waals surface area contributed by atoms with Crippen molar-refractivity contribution in [3.05, 3.63) is 33.1 Å². The maximum absolute atomic E-state index is 13.5. The fourth-order valence-corrected chi connectivity index (χ4v) is 1.67. The molecule has 0 unspecified atom stereocenters. The Morgan fingerprint density at radius 2 is 2.21 bits per heavy atom. The van der Waals surface area contributed by atoms with Gasteiger partial charge in [-0.3, -0.25) is 4.79 Å². The van der Waals surface area contributed by atoms with Crippen LogP contribution in [0, 0.1) is 9.39 Å². The van der Waals surface area contributed by atoms with Crippen LogP contribution in [0.2, 0.25) is 0 Å². The van der Waals surface area contributed by atoms with Gasteiger partial charge in [0.1, 0.15) is 5.82 Å². The molecule has 1 fully saturated rings. The van der Waals surface area contributed by atoms with E-state index in [4.69, 9.17) is 0 Å². The predicted molar refractivity (Wildman–Crippen MR) is 59.6 cm³/mol. The molecule has 0 saturated heterocycles. The number of amides is 1. The third kappa shape index (κ3) is 2.05. The van der Waals surface area contributed by atoms with Crippen molar-refractivity contribution in [1.29, 1.82) is 0 Å². The Kier molecular flexibility index (Phi) is 2.71. The summed E-state index contributed by atoms with van der Waals surface area (Å²) in [6.45, 7) is 0. The van der Waals surface area contributed by atoms with Crippen molar-refractivity contribution >= 4 is 28.5 Å². The number of carbonyl (C=O) groups excluding carboxylic acids is 1. The summed E-state index contributed by atoms with van der Waals surface area (Å²) in [6, 6.07) is 5.10. The lowest BCUT2D eigenvalue weighted by Crippen LogP contribution is -2.26. The van der Waals surface area contributed by atoms with Crippen LogP contribution in [0.4, 0.5) is 4.39 Å². The van der Waals surface area contributed by atoms with Crippen molar-refractivity contribution in [2.45, 2.75) is 18.9 Å². The van der Waals surface area contributed by atoms with Crippen molar-refractivity contribution in [3.63, 3.8) is 0 Å². The molecule has 0 heterocycles. The van der Waals surface area contributed by atoms with Crippen LogP contribution < -0.4 is 5.32 Å². The minimum Gasteiger partial charge on any atom is -0.349 e. The van der Waals surface area contributed by atoms with E-state index < -0.39 is 5.82 Å². The highest BCUT2D eigenvalue weighted by molar-refractivity contribution is 14.1. The summed E-state index contributed by atoms with van der Waals surface area (Å²) < 4.78 is 13.9. The number of halogens is 2. The Morgan fingerprint density at radius 3 is 2.86 bits per heavy atom. The highest BCUT2D eigenvalue weighted by atomic mass is 127. The number of hydrogen-bond donors (Lipinski definition) is 1. The van der Waals surface area contributed by atoms with Crippen LogP contribution in [0.25, 0.3) is 0 Å². The van der Waals surface area contributed by atoms with Gasteiger partial charge in [-0.15, -0.1) is 0 Å². The van der Waals surface area contributed by atoms with Gasteiger partial charge in [-0.25, -0.2) is 4.39 Å². The standard InChI is InChI=1S/C10H9FINO/c11-9-7(2-1-3-8(9)12)10(14)13-6-4-5-6/h1-3,6H,4-5H2,(H,13,14). The molecule has 0 bridgehead atoms. The molecule has 1 aromatic carbocycles. The van der Waals surface area contributed by atoms with Crippen LogP contribution in [0.1, 0.15) is 23.2 Å². The van der Waals surface area contributed by atoms with E-state index in [0.717, 1.165) is 12.8 Å². The Hall–Kier alpha value is -0.650. The first-order chi connectivity index (χ1) is 6.68. The first kappa shape index (κ1) is 9.89. The zero-order valence-electron chi connectivity index (χ0n) is 7.39. The highest BCUT2D eigenvalue weighted by Gasteiger charge is 2.25. The van der Waals surface area contributed by atoms with E-state index in [-0.39, 0.29) is 17.5 Å². The second kappa shape index (κ2) is 3.84. The van der Waals surface area contributed by atoms with Crippen molar-refractivity contribution in [2.24, 2.45) is 0 Å². The molecule has 4 heteroatoms. The van der Waals surface area contributed by atoms with Crippen molar-refractivity contribution in [1.82, 2.24) is 5.32 Å². The van der Waals surface area contributed by atoms with E-state index in [9.17, 15) is 9.18 Å². The van der Waals surface area contributed by atoms with Crippen molar-refractivity contribution in [3.8, 4) is 0 Å². The Bertz CT molecular complexity index is 376. The normalized spacial score (nSPS) is 15.3. The quantitative estimate of drug-likeness (QED) is 0.835. The number of benzene rings is 1. The molecule has 14 heavy (non-hydrogen) atoms. The lowest BCUT2D eigenvalue weighted by Gasteiger charge is -2.04. The third-order valence-electron chi connectivity index (χ3n) is 2.11. The van der Waals surface area contributed by atoms with Crippen LogP contribution in [-0.2, 0) is 0 Å². The Morgan fingerprint density at radius 1 is 1.50 bits per heavy atom. The van der Waals surface area contributed by atoms with E-state index in [1.807, 2.05) is 22.6 Å². The van der Waals surface area contributed by atoms with Gasteiger partial charge in [0.15, 0.2) is 0 Å². The second-order valence-corrected chi connectivity index (χ2v) is 4.51. The predicted octanol–water partition coefficient (Wildman–Crippen LogP) is 2.32. The summed E-state index contributed by atoms with van der Waals surface area (Å²) in [7, 11) is 0. The first-order valence-electron chi connectivity index (χ1n) is 4.43. The molecule has 0 spiro atoms. The van der Waals surface area contributed by atoms with Crippen LogP contribution in [0.5, 0.6) is 0 Å². The third-order valence-corrected chi connectivity index (χ3v) is 2.94. The molecule has 2 rings (SSSR count). The highest BCUT2D eigenvalue weighted by Crippen LogP contribution is 2.20. The van der Waals surface area contributed by atoms with Gasteiger partial charge < -0.3 is 5.32 Å². The lowest BCUT2D eigenvalue weighted by atomic mass is 10.2. The van der Waals surface area contributed by atoms with Crippen LogP contribution in [0.15, 0.2) is 18.2 Å². The average Bonchev–Trinajstić information content (AvgIpc) is 2.93. The monoisotopic (exact) mass is 305 g/mol. The van der Waals surface area contributed by atoms with Gasteiger partial charge in [0.2, 0.25) is 0 Å². The first-order valence-corrected chi connectivity index (χ1v) is 5.51. The summed E-state index contributed by atoms with van der Waals surface area (Å²) >= 11 is 1.88. The SMILES string of the molecule is O=C(NC1CC1)c1cccc(I)c1F. The van der Waals surface area contributed by atoms with Crippen molar-refractivity contribution in [2.75, 3.05) is 0 Å². The molecule has 1 aromatic rings. The molecule has 0 atom stereocenters. The molecule has 1 amide bonds. The smallest absolute Gasteiger partial charge is 0.254 e. The van der Waals surface area contributed by atoms with E-state index in [0.29, 0.717) is 3.57 Å². The van der Waals surface area contributed by atoms with Crippen LogP contribution >= 0.6 is 22.6 Å². The topological polar surface area (TPSA) is 29.1 Å². The minimum absolute atomic E-state index is 0.142. The fraction of sp³-hybridized carbons (Fsp3) is 0.300. The number of hydrogen-bond acceptors (Lipinski definition) is 1. The van der Waals surface area contributed by atoms with Gasteiger partial charge in [0.25, 0.3) is 5.91 Å². The second-order valence-electron chi connectivity index (χ2n) is 3.35. The summed E-state index contributed by atoms with van der Waals surface area (Å²) in [6.07, 6.45) is 2.02. The molecule has 0 radical (unpaired) electrons. The molecular weight excluding hydrogens is 296 g/mol. The Labute approximate surface area is 95.0 Å². The van der Waals surface area contributed by atoms with E-state index >= 15 is 0 Å². The van der Waals surface area contributed by atoms with Gasteiger partial charge in [0.05, 0.1) is 5.56 Å². The summed E-state index contributed by atoms with van der Waals surface area (Å²) in [5.41, 5.74) is 0.142. The van der Waals surface area contributed by atoms with Crippen molar-refractivity contribution < 1.29 is 9.18 Å². The largest absolute Gasteiger partial charge is 0.349 e. The molecular formula is C10H9FINO. The number of carbonyl (C=O) groups is 1. The molecule has 1 aliphatic carbocycles. The molecule has 1 aliphatic rings. The van der Waals surface area contributed by atoms with E-state index in [1.54, 1.807) is 12.1 Å². The molecule has 74 valence electrons. The summed E-state index contributed by atoms with van der Waals surface area (Å²) in [5, 5.41) is 2.76. The average molecular weight is 305 g/mol. The fourth-order valence-electron chi connectivity index (χ4n) is 1.17. The number of rotatable bonds is 2. The zero-order chi connectivity index (χ0) is 10.1. The van der Waals surface area contributed by atoms with Gasteiger partial charge in [0, 0.05) is 9.61 Å². The molecule has 0 aliphatic heterocycles. The van der Waals surface area contributed by atoms with Gasteiger partial charge in [-0.2, -0.15) is 0 Å². The van der Waals surface area contributed by atoms with E-state index in [1.165, 1.54) is 6.07 Å². The van der Waals surface area contributed by atoms with Crippen LogP contribution in [-0.4, -0.2) is 11.9 Å². The van der Waals surface area contributed by atoms with Gasteiger partial charge >= 0.3 is 0 Å². The Balaban J connectivity index is 2.21. The lowest BCUT2D eigenvalue weighted by molar-refractivity contribution is 0.0947. The maximum atomic E-state index is 13.5. The maximum Gasteiger partial charge on any atom is 0.254 e. The van der Waals surface area contributed by atoms with Gasteiger partial charge in [-0.1, -0.05) is 6.07 Å². The molecule has 1 N–H and O–H groups in total. The van der Waals surface area contributed by atoms with Gasteiger partial charge in [-0.05, 0) is 47.6 Å². The molecule has 2 nitrogen and oxygen atoms in total. The number of nitrogens with one attached hydrogen (secondary N) is 1. The molecule has 1 saturated carbocycles. The summed E-state index contributed by atoms with van der Waals surface area (Å²) in [4.78, 5) is 11.5. The van der Waals surface area contributed by atoms with Crippen LogP contribution in [0.3, 0.4) is 0 Å². The molecule has 0 aromatic heterocycles.